The Hall–Kier alpha value is -3.27. The van der Waals surface area contributed by atoms with Gasteiger partial charge in [-0.15, -0.1) is 0 Å². The van der Waals surface area contributed by atoms with Gasteiger partial charge in [0.2, 0.25) is 5.91 Å². The van der Waals surface area contributed by atoms with Crippen LogP contribution < -0.4 is 19.7 Å². The lowest BCUT2D eigenvalue weighted by Gasteiger charge is -2.35. The standard InChI is InChI=1S/C29H36ClF2N3O5/c1-29(2,3)40-28(37)35-15-5-4-6-24(35)26(36)33-19-7-12-25(23(30)18-19)38-22-13-16-34(17-14-22)20-8-10-21(11-9-20)39-27(31)32/h7-12,18,22,24,27H,4-6,13-17H2,1-3H3,(H,33,36)/t24-/m1/s1. The zero-order valence-corrected chi connectivity index (χ0v) is 23.8. The molecule has 0 aromatic heterocycles. The molecule has 1 N–H and O–H groups in total. The first kappa shape index (κ1) is 29.7. The van der Waals surface area contributed by atoms with Gasteiger partial charge < -0.3 is 24.4 Å². The van der Waals surface area contributed by atoms with E-state index in [1.807, 2.05) is 0 Å². The number of piperidine rings is 2. The van der Waals surface area contributed by atoms with Gasteiger partial charge in [-0.2, -0.15) is 8.78 Å². The van der Waals surface area contributed by atoms with Gasteiger partial charge in [-0.1, -0.05) is 11.6 Å². The van der Waals surface area contributed by atoms with Crippen molar-refractivity contribution in [3.05, 3.63) is 47.5 Å². The van der Waals surface area contributed by atoms with Crippen LogP contribution in [0.2, 0.25) is 5.02 Å². The van der Waals surface area contributed by atoms with Crippen molar-refractivity contribution in [1.82, 2.24) is 4.90 Å². The summed E-state index contributed by atoms with van der Waals surface area (Å²) in [5.74, 6) is 0.376. The van der Waals surface area contributed by atoms with Gasteiger partial charge in [-0.3, -0.25) is 9.69 Å². The smallest absolute Gasteiger partial charge is 0.410 e. The molecular formula is C29H36ClF2N3O5. The van der Waals surface area contributed by atoms with Crippen molar-refractivity contribution in [2.24, 2.45) is 0 Å². The van der Waals surface area contributed by atoms with Crippen LogP contribution in [0.25, 0.3) is 0 Å². The van der Waals surface area contributed by atoms with E-state index in [-0.39, 0.29) is 17.8 Å². The minimum Gasteiger partial charge on any atom is -0.489 e. The Bertz CT molecular complexity index is 1170. The quantitative estimate of drug-likeness (QED) is 0.392. The first-order chi connectivity index (χ1) is 19.0. The van der Waals surface area contributed by atoms with Gasteiger partial charge in [-0.25, -0.2) is 4.79 Å². The Labute approximate surface area is 238 Å². The third-order valence-electron chi connectivity index (χ3n) is 6.80. The van der Waals surface area contributed by atoms with Gasteiger partial charge in [0.15, 0.2) is 0 Å². The molecular weight excluding hydrogens is 544 g/mol. The van der Waals surface area contributed by atoms with E-state index in [1.165, 1.54) is 17.0 Å². The largest absolute Gasteiger partial charge is 0.489 e. The summed E-state index contributed by atoms with van der Waals surface area (Å²) >= 11 is 6.51. The molecule has 0 aliphatic carbocycles. The maximum absolute atomic E-state index is 13.1. The first-order valence-corrected chi connectivity index (χ1v) is 13.9. The number of carbonyl (C=O) groups is 2. The van der Waals surface area contributed by atoms with Crippen LogP contribution in [-0.2, 0) is 9.53 Å². The zero-order valence-electron chi connectivity index (χ0n) is 23.0. The van der Waals surface area contributed by atoms with E-state index in [2.05, 4.69) is 15.0 Å². The van der Waals surface area contributed by atoms with Crippen LogP contribution in [0.4, 0.5) is 25.0 Å². The van der Waals surface area contributed by atoms with Gasteiger partial charge >= 0.3 is 12.7 Å². The number of nitrogens with one attached hydrogen (secondary N) is 1. The maximum Gasteiger partial charge on any atom is 0.410 e. The molecule has 11 heteroatoms. The second-order valence-corrected chi connectivity index (χ2v) is 11.4. The fraction of sp³-hybridized carbons (Fsp3) is 0.517. The van der Waals surface area contributed by atoms with Crippen molar-refractivity contribution in [2.75, 3.05) is 29.9 Å². The van der Waals surface area contributed by atoms with Crippen LogP contribution >= 0.6 is 11.6 Å². The molecule has 2 saturated heterocycles. The Morgan fingerprint density at radius 3 is 2.33 bits per heavy atom. The van der Waals surface area contributed by atoms with Gasteiger partial charge in [0.05, 0.1) is 5.02 Å². The highest BCUT2D eigenvalue weighted by Gasteiger charge is 2.35. The molecule has 0 bridgehead atoms. The predicted molar refractivity (Wildman–Crippen MR) is 150 cm³/mol. The topological polar surface area (TPSA) is 80.3 Å². The number of nitrogens with zero attached hydrogens (tertiary/aromatic N) is 2. The predicted octanol–water partition coefficient (Wildman–Crippen LogP) is 6.72. The summed E-state index contributed by atoms with van der Waals surface area (Å²) in [4.78, 5) is 29.4. The highest BCUT2D eigenvalue weighted by Crippen LogP contribution is 2.32. The number of alkyl halides is 2. The van der Waals surface area contributed by atoms with Gasteiger partial charge in [0, 0.05) is 43.9 Å². The number of amides is 2. The first-order valence-electron chi connectivity index (χ1n) is 13.5. The molecule has 4 rings (SSSR count). The Balaban J connectivity index is 1.30. The molecule has 40 heavy (non-hydrogen) atoms. The van der Waals surface area contributed by atoms with Crippen LogP contribution in [0, 0.1) is 0 Å². The molecule has 8 nitrogen and oxygen atoms in total. The second kappa shape index (κ2) is 12.9. The number of halogens is 3. The Morgan fingerprint density at radius 1 is 1.00 bits per heavy atom. The highest BCUT2D eigenvalue weighted by atomic mass is 35.5. The van der Waals surface area contributed by atoms with Gasteiger partial charge in [0.25, 0.3) is 0 Å². The summed E-state index contributed by atoms with van der Waals surface area (Å²) in [7, 11) is 0. The number of likely N-dealkylation sites (tertiary alicyclic amines) is 1. The lowest BCUT2D eigenvalue weighted by atomic mass is 10.0. The minimum absolute atomic E-state index is 0.0414. The van der Waals surface area contributed by atoms with Crippen LogP contribution in [0.15, 0.2) is 42.5 Å². The molecule has 2 fully saturated rings. The highest BCUT2D eigenvalue weighted by molar-refractivity contribution is 6.32. The molecule has 0 spiro atoms. The Morgan fingerprint density at radius 2 is 1.70 bits per heavy atom. The van der Waals surface area contributed by atoms with E-state index >= 15 is 0 Å². The lowest BCUT2D eigenvalue weighted by molar-refractivity contribution is -0.122. The molecule has 2 aromatic rings. The SMILES string of the molecule is CC(C)(C)OC(=O)N1CCCC[C@@H]1C(=O)Nc1ccc(OC2CCN(c3ccc(OC(F)F)cc3)CC2)c(Cl)c1. The fourth-order valence-corrected chi connectivity index (χ4v) is 5.12. The number of carbonyl (C=O) groups excluding carboxylic acids is 2. The molecule has 2 aromatic carbocycles. The normalized spacial score (nSPS) is 18.4. The number of anilines is 2. The van der Waals surface area contributed by atoms with Crippen molar-refractivity contribution in [3.8, 4) is 11.5 Å². The number of ether oxygens (including phenoxy) is 3. The number of hydrogen-bond donors (Lipinski definition) is 1. The number of benzene rings is 2. The van der Waals surface area contributed by atoms with E-state index in [0.29, 0.717) is 29.4 Å². The maximum atomic E-state index is 13.1. The van der Waals surface area contributed by atoms with Crippen LogP contribution in [0.3, 0.4) is 0 Å². The third kappa shape index (κ3) is 8.13. The summed E-state index contributed by atoms with van der Waals surface area (Å²) in [6, 6.07) is 11.1. The van der Waals surface area contributed by atoms with E-state index < -0.39 is 24.3 Å². The van der Waals surface area contributed by atoms with Crippen molar-refractivity contribution < 1.29 is 32.6 Å². The van der Waals surface area contributed by atoms with Crippen molar-refractivity contribution in [2.45, 2.75) is 77.2 Å². The minimum atomic E-state index is -2.85. The van der Waals surface area contributed by atoms with E-state index in [1.54, 1.807) is 51.1 Å². The molecule has 2 heterocycles. The summed E-state index contributed by atoms with van der Waals surface area (Å²) in [6.07, 6.45) is 3.22. The number of rotatable bonds is 7. The van der Waals surface area contributed by atoms with Gasteiger partial charge in [0.1, 0.15) is 29.2 Å². The number of hydrogen-bond acceptors (Lipinski definition) is 6. The molecule has 0 radical (unpaired) electrons. The summed E-state index contributed by atoms with van der Waals surface area (Å²) in [6.45, 7) is 4.50. The van der Waals surface area contributed by atoms with E-state index in [0.717, 1.165) is 44.5 Å². The van der Waals surface area contributed by atoms with Crippen molar-refractivity contribution >= 4 is 35.0 Å². The van der Waals surface area contributed by atoms with Crippen LogP contribution in [0.5, 0.6) is 11.5 Å². The van der Waals surface area contributed by atoms with Crippen molar-refractivity contribution in [3.63, 3.8) is 0 Å². The molecule has 2 aliphatic heterocycles. The van der Waals surface area contributed by atoms with Crippen molar-refractivity contribution in [1.29, 1.82) is 0 Å². The van der Waals surface area contributed by atoms with Crippen LogP contribution in [0.1, 0.15) is 52.9 Å². The molecule has 0 saturated carbocycles. The molecule has 218 valence electrons. The van der Waals surface area contributed by atoms with Crippen LogP contribution in [-0.4, -0.2) is 60.9 Å². The zero-order chi connectivity index (χ0) is 28.9. The third-order valence-corrected chi connectivity index (χ3v) is 7.09. The Kier molecular flexibility index (Phi) is 9.60. The summed E-state index contributed by atoms with van der Waals surface area (Å²) < 4.78 is 40.8. The fourth-order valence-electron chi connectivity index (χ4n) is 4.89. The molecule has 1 atom stereocenters. The molecule has 2 aliphatic rings. The lowest BCUT2D eigenvalue weighted by Crippen LogP contribution is -2.51. The van der Waals surface area contributed by atoms with E-state index in [9.17, 15) is 18.4 Å². The summed E-state index contributed by atoms with van der Waals surface area (Å²) in [5.41, 5.74) is 0.807. The van der Waals surface area contributed by atoms with Gasteiger partial charge in [-0.05, 0) is 82.5 Å². The summed E-state index contributed by atoms with van der Waals surface area (Å²) in [5, 5.41) is 3.26. The second-order valence-electron chi connectivity index (χ2n) is 11.0. The molecule has 0 unspecified atom stereocenters. The monoisotopic (exact) mass is 579 g/mol. The average molecular weight is 580 g/mol. The molecule has 2 amide bonds. The average Bonchev–Trinajstić information content (AvgIpc) is 2.90. The van der Waals surface area contributed by atoms with E-state index in [4.69, 9.17) is 21.1 Å².